The Balaban J connectivity index is 2.34. The molecular weight excluding hydrogens is 229 g/mol. The van der Waals surface area contributed by atoms with E-state index in [-0.39, 0.29) is 11.9 Å². The molecule has 0 radical (unpaired) electrons. The number of halogens is 1. The zero-order valence-corrected chi connectivity index (χ0v) is 10.3. The molecule has 0 spiro atoms. The molecule has 1 aromatic heterocycles. The van der Waals surface area contributed by atoms with Crippen LogP contribution in [0.5, 0.6) is 0 Å². The summed E-state index contributed by atoms with van der Waals surface area (Å²) in [6.45, 7) is 2.86. The molecule has 0 fully saturated rings. The molecule has 0 saturated carbocycles. The summed E-state index contributed by atoms with van der Waals surface area (Å²) in [7, 11) is 0. The summed E-state index contributed by atoms with van der Waals surface area (Å²) in [4.78, 5) is 8.42. The molecule has 1 heterocycles. The van der Waals surface area contributed by atoms with Crippen LogP contribution in [0.4, 0.5) is 4.39 Å². The smallest absolute Gasteiger partial charge is 0.149 e. The Bertz CT molecular complexity index is 487. The molecule has 1 aromatic carbocycles. The van der Waals surface area contributed by atoms with Crippen molar-refractivity contribution in [1.29, 1.82) is 0 Å². The number of hydrogen-bond donors (Lipinski definition) is 1. The highest BCUT2D eigenvalue weighted by molar-refractivity contribution is 5.26. The zero-order valence-electron chi connectivity index (χ0n) is 10.3. The lowest BCUT2D eigenvalue weighted by atomic mass is 10.1. The maximum atomic E-state index is 13.9. The third-order valence-electron chi connectivity index (χ3n) is 2.66. The summed E-state index contributed by atoms with van der Waals surface area (Å²) in [6.07, 6.45) is 4.31. The average Bonchev–Trinajstić information content (AvgIpc) is 2.42. The predicted octanol–water partition coefficient (Wildman–Crippen LogP) is 2.70. The van der Waals surface area contributed by atoms with Crippen molar-refractivity contribution in [1.82, 2.24) is 15.3 Å². The standard InChI is InChI=1S/C14H16FN3/c1-2-8-16-13(14-17-9-5-10-18-14)11-6-3-4-7-12(11)15/h3-7,9-10,13,16H,2,8H2,1H3. The number of nitrogens with zero attached hydrogens (tertiary/aromatic N) is 2. The SMILES string of the molecule is CCCNC(c1ncccn1)c1ccccc1F. The molecule has 0 aliphatic heterocycles. The Hall–Kier alpha value is -1.81. The van der Waals surface area contributed by atoms with E-state index in [1.54, 1.807) is 30.6 Å². The molecule has 0 saturated heterocycles. The van der Waals surface area contributed by atoms with Crippen LogP contribution in [0.15, 0.2) is 42.7 Å². The lowest BCUT2D eigenvalue weighted by Crippen LogP contribution is -2.25. The van der Waals surface area contributed by atoms with E-state index < -0.39 is 0 Å². The molecule has 18 heavy (non-hydrogen) atoms. The van der Waals surface area contributed by atoms with E-state index in [9.17, 15) is 4.39 Å². The van der Waals surface area contributed by atoms with Crippen LogP contribution in [0, 0.1) is 5.82 Å². The second kappa shape index (κ2) is 6.21. The molecule has 0 aliphatic carbocycles. The average molecular weight is 245 g/mol. The van der Waals surface area contributed by atoms with E-state index in [0.29, 0.717) is 11.4 Å². The number of rotatable bonds is 5. The minimum atomic E-state index is -0.299. The number of hydrogen-bond acceptors (Lipinski definition) is 3. The summed E-state index contributed by atoms with van der Waals surface area (Å²) < 4.78 is 13.9. The van der Waals surface area contributed by atoms with E-state index in [1.807, 2.05) is 6.07 Å². The van der Waals surface area contributed by atoms with Gasteiger partial charge < -0.3 is 5.32 Å². The molecular formula is C14H16FN3. The number of benzene rings is 1. The summed E-state index contributed by atoms with van der Waals surface area (Å²) >= 11 is 0. The molecule has 0 amide bonds. The van der Waals surface area contributed by atoms with Crippen LogP contribution < -0.4 is 5.32 Å². The minimum absolute atomic E-state index is 0.237. The van der Waals surface area contributed by atoms with E-state index in [2.05, 4.69) is 22.2 Å². The largest absolute Gasteiger partial charge is 0.304 e. The fourth-order valence-electron chi connectivity index (χ4n) is 1.80. The first-order chi connectivity index (χ1) is 8.83. The predicted molar refractivity (Wildman–Crippen MR) is 68.6 cm³/mol. The number of aromatic nitrogens is 2. The second-order valence-electron chi connectivity index (χ2n) is 4.02. The van der Waals surface area contributed by atoms with Crippen LogP contribution in [-0.4, -0.2) is 16.5 Å². The highest BCUT2D eigenvalue weighted by Gasteiger charge is 2.18. The van der Waals surface area contributed by atoms with Gasteiger partial charge in [0.2, 0.25) is 0 Å². The van der Waals surface area contributed by atoms with E-state index in [0.717, 1.165) is 13.0 Å². The van der Waals surface area contributed by atoms with Gasteiger partial charge in [-0.1, -0.05) is 25.1 Å². The van der Waals surface area contributed by atoms with Crippen LogP contribution in [0.2, 0.25) is 0 Å². The number of nitrogens with one attached hydrogen (secondary N) is 1. The third-order valence-corrected chi connectivity index (χ3v) is 2.66. The maximum Gasteiger partial charge on any atom is 0.149 e. The van der Waals surface area contributed by atoms with Gasteiger partial charge in [-0.2, -0.15) is 0 Å². The van der Waals surface area contributed by atoms with Crippen LogP contribution in [0.25, 0.3) is 0 Å². The molecule has 94 valence electrons. The van der Waals surface area contributed by atoms with Crippen molar-refractivity contribution in [2.45, 2.75) is 19.4 Å². The molecule has 1 unspecified atom stereocenters. The van der Waals surface area contributed by atoms with Crippen molar-refractivity contribution >= 4 is 0 Å². The first kappa shape index (κ1) is 12.6. The van der Waals surface area contributed by atoms with Gasteiger partial charge in [0.25, 0.3) is 0 Å². The molecule has 1 atom stereocenters. The van der Waals surface area contributed by atoms with Gasteiger partial charge in [-0.3, -0.25) is 0 Å². The Labute approximate surface area is 106 Å². The highest BCUT2D eigenvalue weighted by atomic mass is 19.1. The van der Waals surface area contributed by atoms with Crippen molar-refractivity contribution in [2.24, 2.45) is 0 Å². The summed E-state index contributed by atoms with van der Waals surface area (Å²) in [5.41, 5.74) is 0.581. The Morgan fingerprint density at radius 3 is 2.56 bits per heavy atom. The lowest BCUT2D eigenvalue weighted by Gasteiger charge is -2.17. The molecule has 3 nitrogen and oxygen atoms in total. The molecule has 4 heteroatoms. The van der Waals surface area contributed by atoms with Gasteiger partial charge in [0.05, 0.1) is 6.04 Å². The van der Waals surface area contributed by atoms with Crippen molar-refractivity contribution in [3.05, 3.63) is 59.9 Å². The van der Waals surface area contributed by atoms with E-state index in [4.69, 9.17) is 0 Å². The van der Waals surface area contributed by atoms with Gasteiger partial charge in [0.15, 0.2) is 0 Å². The summed E-state index contributed by atoms with van der Waals surface area (Å²) in [6, 6.07) is 8.18. The topological polar surface area (TPSA) is 37.8 Å². The van der Waals surface area contributed by atoms with E-state index in [1.165, 1.54) is 6.07 Å². The van der Waals surface area contributed by atoms with Gasteiger partial charge in [-0.25, -0.2) is 14.4 Å². The normalized spacial score (nSPS) is 12.3. The van der Waals surface area contributed by atoms with Crippen LogP contribution in [-0.2, 0) is 0 Å². The van der Waals surface area contributed by atoms with Crippen LogP contribution >= 0.6 is 0 Å². The van der Waals surface area contributed by atoms with Gasteiger partial charge >= 0.3 is 0 Å². The van der Waals surface area contributed by atoms with E-state index >= 15 is 0 Å². The first-order valence-corrected chi connectivity index (χ1v) is 6.07. The third kappa shape index (κ3) is 2.90. The maximum absolute atomic E-state index is 13.9. The van der Waals surface area contributed by atoms with Gasteiger partial charge in [0.1, 0.15) is 11.6 Å². The zero-order chi connectivity index (χ0) is 12.8. The fraction of sp³-hybridized carbons (Fsp3) is 0.286. The Morgan fingerprint density at radius 2 is 1.89 bits per heavy atom. The fourth-order valence-corrected chi connectivity index (χ4v) is 1.80. The quantitative estimate of drug-likeness (QED) is 0.880. The van der Waals surface area contributed by atoms with Crippen LogP contribution in [0.3, 0.4) is 0 Å². The summed E-state index contributed by atoms with van der Waals surface area (Å²) in [5, 5.41) is 3.28. The Morgan fingerprint density at radius 1 is 1.17 bits per heavy atom. The Kier molecular flexibility index (Phi) is 4.36. The minimum Gasteiger partial charge on any atom is -0.304 e. The first-order valence-electron chi connectivity index (χ1n) is 6.07. The van der Waals surface area contributed by atoms with Gasteiger partial charge in [0, 0.05) is 18.0 Å². The molecule has 0 aliphatic rings. The molecule has 2 rings (SSSR count). The highest BCUT2D eigenvalue weighted by Crippen LogP contribution is 2.21. The van der Waals surface area contributed by atoms with Crippen molar-refractivity contribution in [2.75, 3.05) is 6.54 Å². The van der Waals surface area contributed by atoms with Crippen LogP contribution in [0.1, 0.15) is 30.8 Å². The summed E-state index contributed by atoms with van der Waals surface area (Å²) in [5.74, 6) is 0.356. The van der Waals surface area contributed by atoms with Crippen molar-refractivity contribution in [3.8, 4) is 0 Å². The monoisotopic (exact) mass is 245 g/mol. The van der Waals surface area contributed by atoms with Crippen molar-refractivity contribution in [3.63, 3.8) is 0 Å². The molecule has 0 bridgehead atoms. The lowest BCUT2D eigenvalue weighted by molar-refractivity contribution is 0.530. The van der Waals surface area contributed by atoms with Gasteiger partial charge in [-0.05, 0) is 25.1 Å². The van der Waals surface area contributed by atoms with Crippen molar-refractivity contribution < 1.29 is 4.39 Å². The molecule has 1 N–H and O–H groups in total. The molecule has 2 aromatic rings. The van der Waals surface area contributed by atoms with Gasteiger partial charge in [-0.15, -0.1) is 0 Å². The second-order valence-corrected chi connectivity index (χ2v) is 4.02.